The van der Waals surface area contributed by atoms with Gasteiger partial charge in [0.1, 0.15) is 11.3 Å². The Kier molecular flexibility index (Phi) is 6.86. The van der Waals surface area contributed by atoms with Crippen LogP contribution in [0, 0.1) is 10.5 Å². The van der Waals surface area contributed by atoms with Crippen LogP contribution in [0.5, 0.6) is 5.75 Å². The fraction of sp³-hybridized carbons (Fsp3) is 0.115. The fourth-order valence-corrected chi connectivity index (χ4v) is 5.17. The van der Waals surface area contributed by atoms with Crippen LogP contribution in [0.1, 0.15) is 21.5 Å². The van der Waals surface area contributed by atoms with E-state index in [1.54, 1.807) is 30.3 Å². The third-order valence-corrected chi connectivity index (χ3v) is 7.23. The van der Waals surface area contributed by atoms with Crippen molar-refractivity contribution in [1.82, 2.24) is 4.57 Å². The number of ketones is 1. The van der Waals surface area contributed by atoms with Crippen LogP contribution >= 0.6 is 34.2 Å². The molecule has 0 atom stereocenters. The van der Waals surface area contributed by atoms with Gasteiger partial charge < -0.3 is 20.1 Å². The molecule has 178 valence electrons. The van der Waals surface area contributed by atoms with Crippen LogP contribution in [-0.4, -0.2) is 32.4 Å². The van der Waals surface area contributed by atoms with Crippen LogP contribution in [0.2, 0.25) is 5.02 Å². The third kappa shape index (κ3) is 4.89. The molecule has 0 aliphatic heterocycles. The van der Waals surface area contributed by atoms with Gasteiger partial charge in [-0.05, 0) is 70.5 Å². The number of aromatic hydroxyl groups is 1. The Morgan fingerprint density at radius 2 is 1.83 bits per heavy atom. The minimum absolute atomic E-state index is 0.0935. The number of carboxylic acids is 1. The first kappa shape index (κ1) is 24.7. The number of phenols is 1. The van der Waals surface area contributed by atoms with Crippen LogP contribution in [0.25, 0.3) is 22.2 Å². The van der Waals surface area contributed by atoms with E-state index in [-0.39, 0.29) is 17.7 Å². The Morgan fingerprint density at radius 1 is 1.09 bits per heavy atom. The van der Waals surface area contributed by atoms with Crippen molar-refractivity contribution in [1.29, 1.82) is 0 Å². The molecule has 1 heterocycles. The number of carbonyl (C=O) groups is 3. The first-order valence-corrected chi connectivity index (χ1v) is 12.0. The standard InChI is InChI=1S/C26H20ClIN2O5/c1-13-6-7-16(10-19(13)27)29-25(33)22(32)9-14-4-3-5-15(8-14)24-23(28)17-11-18(26(34)35)21(31)12-20(17)30(24)2/h3-8,10-12,31H,9H2,1-2H3,(H,29,33)(H,34,35). The molecule has 0 radical (unpaired) electrons. The highest BCUT2D eigenvalue weighted by molar-refractivity contribution is 14.1. The van der Waals surface area contributed by atoms with Crippen LogP contribution in [-0.2, 0) is 23.1 Å². The summed E-state index contributed by atoms with van der Waals surface area (Å²) in [5.74, 6) is -2.85. The lowest BCUT2D eigenvalue weighted by Crippen LogP contribution is -2.24. The zero-order valence-electron chi connectivity index (χ0n) is 18.7. The maximum absolute atomic E-state index is 12.6. The molecule has 0 fully saturated rings. The van der Waals surface area contributed by atoms with Crippen LogP contribution in [0.3, 0.4) is 0 Å². The van der Waals surface area contributed by atoms with E-state index in [4.69, 9.17) is 11.6 Å². The molecule has 1 aromatic heterocycles. The zero-order chi connectivity index (χ0) is 25.4. The van der Waals surface area contributed by atoms with E-state index in [1.165, 1.54) is 12.1 Å². The van der Waals surface area contributed by atoms with Gasteiger partial charge in [0.05, 0.1) is 11.2 Å². The van der Waals surface area contributed by atoms with E-state index in [0.29, 0.717) is 27.2 Å². The molecule has 1 amide bonds. The number of carboxylic acid groups (broad SMARTS) is 1. The number of nitrogens with one attached hydrogen (secondary N) is 1. The molecule has 7 nitrogen and oxygen atoms in total. The van der Waals surface area contributed by atoms with E-state index < -0.39 is 17.7 Å². The fourth-order valence-electron chi connectivity index (χ4n) is 3.88. The molecule has 3 N–H and O–H groups in total. The first-order chi connectivity index (χ1) is 16.6. The topological polar surface area (TPSA) is 109 Å². The molecule has 0 aliphatic carbocycles. The van der Waals surface area contributed by atoms with Gasteiger partial charge in [-0.3, -0.25) is 9.59 Å². The second kappa shape index (κ2) is 9.71. The molecule has 0 spiro atoms. The molecule has 0 aliphatic rings. The minimum atomic E-state index is -1.21. The lowest BCUT2D eigenvalue weighted by molar-refractivity contribution is -0.134. The quantitative estimate of drug-likeness (QED) is 0.198. The highest BCUT2D eigenvalue weighted by Gasteiger charge is 2.21. The normalized spacial score (nSPS) is 11.0. The zero-order valence-corrected chi connectivity index (χ0v) is 21.6. The number of anilines is 1. The van der Waals surface area contributed by atoms with Gasteiger partial charge in [-0.25, -0.2) is 4.79 Å². The smallest absolute Gasteiger partial charge is 0.339 e. The number of hydrogen-bond donors (Lipinski definition) is 3. The van der Waals surface area contributed by atoms with Crippen molar-refractivity contribution < 1.29 is 24.6 Å². The number of fused-ring (bicyclic) bond motifs is 1. The van der Waals surface area contributed by atoms with E-state index in [2.05, 4.69) is 27.9 Å². The molecule has 0 unspecified atom stereocenters. The Balaban J connectivity index is 1.61. The Bertz CT molecular complexity index is 1530. The van der Waals surface area contributed by atoms with E-state index in [9.17, 15) is 24.6 Å². The van der Waals surface area contributed by atoms with Gasteiger partial charge in [-0.2, -0.15) is 0 Å². The molecule has 9 heteroatoms. The van der Waals surface area contributed by atoms with Crippen molar-refractivity contribution in [2.75, 3.05) is 5.32 Å². The van der Waals surface area contributed by atoms with Crippen LogP contribution in [0.15, 0.2) is 54.6 Å². The van der Waals surface area contributed by atoms with E-state index >= 15 is 0 Å². The van der Waals surface area contributed by atoms with E-state index in [1.807, 2.05) is 30.7 Å². The summed E-state index contributed by atoms with van der Waals surface area (Å²) >= 11 is 8.23. The van der Waals surface area contributed by atoms with E-state index in [0.717, 1.165) is 20.4 Å². The minimum Gasteiger partial charge on any atom is -0.507 e. The van der Waals surface area contributed by atoms with Crippen LogP contribution < -0.4 is 5.32 Å². The molecule has 0 saturated heterocycles. The second-order valence-electron chi connectivity index (χ2n) is 8.13. The summed E-state index contributed by atoms with van der Waals surface area (Å²) in [6.45, 7) is 1.84. The highest BCUT2D eigenvalue weighted by Crippen LogP contribution is 2.37. The number of aryl methyl sites for hydroxylation is 2. The molecule has 3 aromatic carbocycles. The first-order valence-electron chi connectivity index (χ1n) is 10.5. The molecule has 4 rings (SSSR count). The predicted molar refractivity (Wildman–Crippen MR) is 143 cm³/mol. The number of halogens is 2. The van der Waals surface area contributed by atoms with Gasteiger partial charge in [-0.15, -0.1) is 0 Å². The molecule has 0 bridgehead atoms. The van der Waals surface area contributed by atoms with Gasteiger partial charge in [0.2, 0.25) is 5.78 Å². The van der Waals surface area contributed by atoms with Gasteiger partial charge in [0.25, 0.3) is 5.91 Å². The van der Waals surface area contributed by atoms with Crippen molar-refractivity contribution in [2.45, 2.75) is 13.3 Å². The SMILES string of the molecule is Cc1ccc(NC(=O)C(=O)Cc2cccc(-c3c(I)c4cc(C(=O)O)c(O)cc4n3C)c2)cc1Cl. The number of benzene rings is 3. The largest absolute Gasteiger partial charge is 0.507 e. The summed E-state index contributed by atoms with van der Waals surface area (Å²) in [7, 11) is 1.82. The van der Waals surface area contributed by atoms with Gasteiger partial charge >= 0.3 is 5.97 Å². The molecular formula is C26H20ClIN2O5. The number of nitrogens with zero attached hydrogens (tertiary/aromatic N) is 1. The van der Waals surface area contributed by atoms with Crippen molar-refractivity contribution in [3.63, 3.8) is 0 Å². The predicted octanol–water partition coefficient (Wildman–Crippen LogP) is 5.57. The van der Waals surface area contributed by atoms with Crippen molar-refractivity contribution in [3.05, 3.63) is 79.9 Å². The maximum atomic E-state index is 12.6. The van der Waals surface area contributed by atoms with Gasteiger partial charge in [0.15, 0.2) is 0 Å². The summed E-state index contributed by atoms with van der Waals surface area (Å²) in [5.41, 5.74) is 4.06. The Morgan fingerprint density at radius 3 is 2.51 bits per heavy atom. The summed E-state index contributed by atoms with van der Waals surface area (Å²) in [6, 6.07) is 15.2. The lowest BCUT2D eigenvalue weighted by atomic mass is 10.0. The number of hydrogen-bond acceptors (Lipinski definition) is 4. The van der Waals surface area contributed by atoms with Crippen molar-refractivity contribution in [2.24, 2.45) is 7.05 Å². The highest BCUT2D eigenvalue weighted by atomic mass is 127. The Labute approximate surface area is 219 Å². The molecular weight excluding hydrogens is 583 g/mol. The average Bonchev–Trinajstić information content (AvgIpc) is 3.04. The third-order valence-electron chi connectivity index (χ3n) is 5.73. The van der Waals surface area contributed by atoms with Crippen molar-refractivity contribution >= 4 is 68.4 Å². The maximum Gasteiger partial charge on any atom is 0.339 e. The van der Waals surface area contributed by atoms with Crippen molar-refractivity contribution in [3.8, 4) is 17.0 Å². The summed E-state index contributed by atoms with van der Waals surface area (Å²) in [4.78, 5) is 36.5. The number of amides is 1. The second-order valence-corrected chi connectivity index (χ2v) is 9.62. The summed E-state index contributed by atoms with van der Waals surface area (Å²) < 4.78 is 2.66. The Hall–Kier alpha value is -3.37. The lowest BCUT2D eigenvalue weighted by Gasteiger charge is -2.09. The average molecular weight is 603 g/mol. The summed E-state index contributed by atoms with van der Waals surface area (Å²) in [6.07, 6.45) is -0.0935. The number of aromatic nitrogens is 1. The molecule has 35 heavy (non-hydrogen) atoms. The van der Waals surface area contributed by atoms with Gasteiger partial charge in [-0.1, -0.05) is 35.9 Å². The summed E-state index contributed by atoms with van der Waals surface area (Å²) in [5, 5.41) is 23.2. The molecule has 4 aromatic rings. The number of Topliss-reactive ketones (excluding diaryl/α,β-unsaturated/α-hetero) is 1. The van der Waals surface area contributed by atoms with Crippen LogP contribution in [0.4, 0.5) is 5.69 Å². The monoisotopic (exact) mass is 602 g/mol. The number of rotatable bonds is 6. The van der Waals surface area contributed by atoms with Gasteiger partial charge in [0, 0.05) is 39.2 Å². The molecule has 0 saturated carbocycles. The number of carbonyl (C=O) groups excluding carboxylic acids is 2. The number of aromatic carboxylic acids is 1.